The quantitative estimate of drug-likeness (QED) is 0.709. The highest BCUT2D eigenvalue weighted by Gasteiger charge is 2.25. The van der Waals surface area contributed by atoms with Crippen LogP contribution in [0.25, 0.3) is 0 Å². The fourth-order valence-electron chi connectivity index (χ4n) is 2.76. The van der Waals surface area contributed by atoms with E-state index in [0.29, 0.717) is 18.6 Å². The van der Waals surface area contributed by atoms with Crippen molar-refractivity contribution in [2.75, 3.05) is 13.2 Å². The second-order valence-electron chi connectivity index (χ2n) is 5.89. The van der Waals surface area contributed by atoms with Crippen molar-refractivity contribution in [3.8, 4) is 0 Å². The van der Waals surface area contributed by atoms with Crippen molar-refractivity contribution in [1.29, 1.82) is 0 Å². The van der Waals surface area contributed by atoms with Crippen LogP contribution in [0.15, 0.2) is 0 Å². The van der Waals surface area contributed by atoms with Crippen molar-refractivity contribution in [3.05, 3.63) is 0 Å². The Kier molecular flexibility index (Phi) is 7.39. The zero-order valence-corrected chi connectivity index (χ0v) is 12.7. The predicted molar refractivity (Wildman–Crippen MR) is 77.8 cm³/mol. The largest absolute Gasteiger partial charge is 0.378 e. The molecule has 1 aliphatic carbocycles. The molecule has 0 heterocycles. The van der Waals surface area contributed by atoms with Crippen molar-refractivity contribution in [3.63, 3.8) is 0 Å². The number of carbonyl (C=O) groups excluding carboxylic acids is 1. The average Bonchev–Trinajstić information content (AvgIpc) is 2.90. The van der Waals surface area contributed by atoms with E-state index < -0.39 is 6.04 Å². The molecule has 1 fully saturated rings. The van der Waals surface area contributed by atoms with Crippen LogP contribution in [0.3, 0.4) is 0 Å². The first-order valence-corrected chi connectivity index (χ1v) is 7.71. The van der Waals surface area contributed by atoms with Crippen LogP contribution in [0.4, 0.5) is 0 Å². The van der Waals surface area contributed by atoms with Gasteiger partial charge in [0.25, 0.3) is 0 Å². The number of carbonyl (C=O) groups is 1. The summed E-state index contributed by atoms with van der Waals surface area (Å²) >= 11 is 0. The molecule has 1 rings (SSSR count). The molecule has 0 bridgehead atoms. The molecule has 0 radical (unpaired) electrons. The van der Waals surface area contributed by atoms with Crippen molar-refractivity contribution in [1.82, 2.24) is 5.32 Å². The lowest BCUT2D eigenvalue weighted by Crippen LogP contribution is -2.44. The predicted octanol–water partition coefficient (Wildman–Crippen LogP) is 2.07. The first-order valence-electron chi connectivity index (χ1n) is 7.71. The van der Waals surface area contributed by atoms with E-state index in [4.69, 9.17) is 10.5 Å². The van der Waals surface area contributed by atoms with Gasteiger partial charge in [-0.25, -0.2) is 0 Å². The zero-order chi connectivity index (χ0) is 14.3. The van der Waals surface area contributed by atoms with E-state index in [0.717, 1.165) is 13.0 Å². The van der Waals surface area contributed by atoms with Gasteiger partial charge in [-0.05, 0) is 38.0 Å². The van der Waals surface area contributed by atoms with E-state index in [1.54, 1.807) is 0 Å². The van der Waals surface area contributed by atoms with Crippen LogP contribution in [0, 0.1) is 11.8 Å². The van der Waals surface area contributed by atoms with Gasteiger partial charge in [-0.15, -0.1) is 0 Å². The summed E-state index contributed by atoms with van der Waals surface area (Å²) in [4.78, 5) is 11.8. The molecule has 0 spiro atoms. The van der Waals surface area contributed by atoms with Gasteiger partial charge in [0.05, 0.1) is 12.1 Å². The fraction of sp³-hybridized carbons (Fsp3) is 0.933. The van der Waals surface area contributed by atoms with Gasteiger partial charge in [0.1, 0.15) is 0 Å². The molecule has 1 aliphatic rings. The maximum atomic E-state index is 11.8. The Hall–Kier alpha value is -0.610. The Balaban J connectivity index is 2.29. The second kappa shape index (κ2) is 8.54. The van der Waals surface area contributed by atoms with Gasteiger partial charge in [0, 0.05) is 13.2 Å². The van der Waals surface area contributed by atoms with Gasteiger partial charge < -0.3 is 15.8 Å². The lowest BCUT2D eigenvalue weighted by atomic mass is 9.98. The molecule has 19 heavy (non-hydrogen) atoms. The smallest absolute Gasteiger partial charge is 0.237 e. The Bertz CT molecular complexity index is 263. The second-order valence-corrected chi connectivity index (χ2v) is 5.89. The number of nitrogens with one attached hydrogen (secondary N) is 1. The van der Waals surface area contributed by atoms with E-state index in [9.17, 15) is 4.79 Å². The summed E-state index contributed by atoms with van der Waals surface area (Å²) in [5.41, 5.74) is 5.81. The van der Waals surface area contributed by atoms with Crippen LogP contribution in [0.2, 0.25) is 0 Å². The minimum absolute atomic E-state index is 0.0447. The standard InChI is InChI=1S/C15H30N2O2/c1-4-19-13(12-7-5-6-8-12)9-10-17-15(18)14(16)11(2)3/h11-14H,4-10,16H2,1-3H3,(H,17,18)/t13?,14-/m0/s1. The molecule has 1 unspecified atom stereocenters. The third-order valence-electron chi connectivity index (χ3n) is 4.06. The van der Waals surface area contributed by atoms with E-state index in [-0.39, 0.29) is 11.8 Å². The molecule has 0 aliphatic heterocycles. The van der Waals surface area contributed by atoms with Crippen molar-refractivity contribution in [2.24, 2.45) is 17.6 Å². The molecule has 112 valence electrons. The minimum atomic E-state index is -0.406. The first kappa shape index (κ1) is 16.4. The number of ether oxygens (including phenoxy) is 1. The van der Waals surface area contributed by atoms with E-state index in [1.807, 2.05) is 20.8 Å². The van der Waals surface area contributed by atoms with Crippen molar-refractivity contribution in [2.45, 2.75) is 65.0 Å². The van der Waals surface area contributed by atoms with Crippen LogP contribution in [0.1, 0.15) is 52.9 Å². The Morgan fingerprint density at radius 2 is 2.00 bits per heavy atom. The third kappa shape index (κ3) is 5.49. The molecule has 4 nitrogen and oxygen atoms in total. The highest BCUT2D eigenvalue weighted by molar-refractivity contribution is 5.81. The van der Waals surface area contributed by atoms with E-state index >= 15 is 0 Å². The Morgan fingerprint density at radius 3 is 2.53 bits per heavy atom. The minimum Gasteiger partial charge on any atom is -0.378 e. The van der Waals surface area contributed by atoms with Crippen LogP contribution < -0.4 is 11.1 Å². The van der Waals surface area contributed by atoms with Gasteiger partial charge in [-0.1, -0.05) is 26.7 Å². The highest BCUT2D eigenvalue weighted by atomic mass is 16.5. The monoisotopic (exact) mass is 270 g/mol. The molecule has 2 atom stereocenters. The maximum Gasteiger partial charge on any atom is 0.237 e. The average molecular weight is 270 g/mol. The Morgan fingerprint density at radius 1 is 1.37 bits per heavy atom. The lowest BCUT2D eigenvalue weighted by Gasteiger charge is -2.24. The lowest BCUT2D eigenvalue weighted by molar-refractivity contribution is -0.123. The van der Waals surface area contributed by atoms with Gasteiger partial charge in [-0.2, -0.15) is 0 Å². The molecule has 1 saturated carbocycles. The summed E-state index contributed by atoms with van der Waals surface area (Å²) in [6, 6.07) is -0.406. The fourth-order valence-corrected chi connectivity index (χ4v) is 2.76. The number of hydrogen-bond donors (Lipinski definition) is 2. The normalized spacial score (nSPS) is 19.6. The molecule has 0 aromatic heterocycles. The molecule has 1 amide bonds. The molecule has 3 N–H and O–H groups in total. The Labute approximate surface area is 117 Å². The van der Waals surface area contributed by atoms with Crippen LogP contribution in [-0.2, 0) is 9.53 Å². The summed E-state index contributed by atoms with van der Waals surface area (Å²) in [7, 11) is 0. The van der Waals surface area contributed by atoms with E-state index in [1.165, 1.54) is 25.7 Å². The summed E-state index contributed by atoms with van der Waals surface area (Å²) in [6.45, 7) is 7.38. The molecule has 0 aromatic rings. The van der Waals surface area contributed by atoms with Crippen molar-refractivity contribution >= 4 is 5.91 Å². The summed E-state index contributed by atoms with van der Waals surface area (Å²) < 4.78 is 5.83. The van der Waals surface area contributed by atoms with Gasteiger partial charge in [0.2, 0.25) is 5.91 Å². The number of rotatable bonds is 8. The number of amides is 1. The summed E-state index contributed by atoms with van der Waals surface area (Å²) in [5.74, 6) is 0.810. The van der Waals surface area contributed by atoms with Gasteiger partial charge >= 0.3 is 0 Å². The van der Waals surface area contributed by atoms with Crippen molar-refractivity contribution < 1.29 is 9.53 Å². The summed E-state index contributed by atoms with van der Waals surface area (Å²) in [6.07, 6.45) is 6.36. The van der Waals surface area contributed by atoms with E-state index in [2.05, 4.69) is 5.32 Å². The van der Waals surface area contributed by atoms with Crippen LogP contribution >= 0.6 is 0 Å². The number of nitrogens with two attached hydrogens (primary N) is 1. The van der Waals surface area contributed by atoms with Gasteiger partial charge in [-0.3, -0.25) is 4.79 Å². The summed E-state index contributed by atoms with van der Waals surface area (Å²) in [5, 5.41) is 2.93. The zero-order valence-electron chi connectivity index (χ0n) is 12.7. The van der Waals surface area contributed by atoms with Crippen LogP contribution in [-0.4, -0.2) is 31.2 Å². The molecule has 0 aromatic carbocycles. The maximum absolute atomic E-state index is 11.8. The third-order valence-corrected chi connectivity index (χ3v) is 4.06. The molecule has 0 saturated heterocycles. The first-order chi connectivity index (χ1) is 9.06. The topological polar surface area (TPSA) is 64.3 Å². The highest BCUT2D eigenvalue weighted by Crippen LogP contribution is 2.30. The molecular weight excluding hydrogens is 240 g/mol. The van der Waals surface area contributed by atoms with Gasteiger partial charge in [0.15, 0.2) is 0 Å². The van der Waals surface area contributed by atoms with Crippen LogP contribution in [0.5, 0.6) is 0 Å². The molecular formula is C15H30N2O2. The SMILES string of the molecule is CCOC(CCNC(=O)[C@@H](N)C(C)C)C1CCCC1. The molecule has 4 heteroatoms. The number of hydrogen-bond acceptors (Lipinski definition) is 3.